The molecular formula is C15H14ClFN2O2. The molecule has 0 aliphatic rings. The molecule has 0 aliphatic carbocycles. The molecule has 0 atom stereocenters. The fourth-order valence-electron chi connectivity index (χ4n) is 1.86. The number of aromatic nitrogens is 2. The molecule has 1 heterocycles. The van der Waals surface area contributed by atoms with Crippen LogP contribution in [0.3, 0.4) is 0 Å². The number of hydrogen-bond acceptors (Lipinski definition) is 4. The Morgan fingerprint density at radius 2 is 2.19 bits per heavy atom. The van der Waals surface area contributed by atoms with Gasteiger partial charge in [-0.3, -0.25) is 0 Å². The van der Waals surface area contributed by atoms with Gasteiger partial charge in [-0.2, -0.15) is 0 Å². The maximum absolute atomic E-state index is 13.4. The van der Waals surface area contributed by atoms with Gasteiger partial charge >= 0.3 is 5.97 Å². The van der Waals surface area contributed by atoms with Gasteiger partial charge in [0.25, 0.3) is 0 Å². The lowest BCUT2D eigenvalue weighted by atomic mass is 10.1. The first kappa shape index (κ1) is 15.4. The molecule has 0 saturated carbocycles. The summed E-state index contributed by atoms with van der Waals surface area (Å²) in [4.78, 5) is 20.2. The van der Waals surface area contributed by atoms with Crippen molar-refractivity contribution < 1.29 is 13.9 Å². The van der Waals surface area contributed by atoms with Crippen molar-refractivity contribution in [2.45, 2.75) is 19.7 Å². The fourth-order valence-corrected chi connectivity index (χ4v) is 2.07. The fraction of sp³-hybridized carbons (Fsp3) is 0.267. The second-order valence-corrected chi connectivity index (χ2v) is 4.63. The van der Waals surface area contributed by atoms with Gasteiger partial charge in [0, 0.05) is 11.8 Å². The Hall–Kier alpha value is -2.01. The van der Waals surface area contributed by atoms with Crippen molar-refractivity contribution in [3.05, 3.63) is 47.0 Å². The largest absolute Gasteiger partial charge is 0.462 e. The van der Waals surface area contributed by atoms with Crippen LogP contribution in [0.4, 0.5) is 4.39 Å². The van der Waals surface area contributed by atoms with Crippen molar-refractivity contribution in [3.63, 3.8) is 0 Å². The zero-order chi connectivity index (χ0) is 15.4. The van der Waals surface area contributed by atoms with E-state index < -0.39 is 5.97 Å². The monoisotopic (exact) mass is 308 g/mol. The quantitative estimate of drug-likeness (QED) is 0.640. The van der Waals surface area contributed by atoms with E-state index in [0.29, 0.717) is 17.1 Å². The standard InChI is InChI=1S/C15H14ClFN2O2/c1-3-21-15(20)12-8-18-14(19-13(12)7-16)11-6-10(17)5-4-9(11)2/h4-6,8H,3,7H2,1-2H3. The number of benzene rings is 1. The summed E-state index contributed by atoms with van der Waals surface area (Å²) in [5.74, 6) is -0.523. The van der Waals surface area contributed by atoms with Gasteiger partial charge < -0.3 is 4.74 Å². The molecular weight excluding hydrogens is 295 g/mol. The third kappa shape index (κ3) is 3.36. The number of esters is 1. The summed E-state index contributed by atoms with van der Waals surface area (Å²) in [5.41, 5.74) is 1.99. The van der Waals surface area contributed by atoms with Crippen LogP contribution in [0.2, 0.25) is 0 Å². The van der Waals surface area contributed by atoms with Crippen LogP contribution in [0, 0.1) is 12.7 Å². The highest BCUT2D eigenvalue weighted by Gasteiger charge is 2.16. The molecule has 0 spiro atoms. The number of ether oxygens (including phenoxy) is 1. The molecule has 0 bridgehead atoms. The van der Waals surface area contributed by atoms with Crippen molar-refractivity contribution in [1.82, 2.24) is 9.97 Å². The number of carbonyl (C=O) groups excluding carboxylic acids is 1. The predicted octanol–water partition coefficient (Wildman–Crippen LogP) is 3.51. The molecule has 1 aromatic heterocycles. The maximum atomic E-state index is 13.4. The average Bonchev–Trinajstić information content (AvgIpc) is 2.49. The number of alkyl halides is 1. The van der Waals surface area contributed by atoms with Crippen LogP contribution in [0.5, 0.6) is 0 Å². The summed E-state index contributed by atoms with van der Waals surface area (Å²) in [6, 6.07) is 4.37. The molecule has 4 nitrogen and oxygen atoms in total. The summed E-state index contributed by atoms with van der Waals surface area (Å²) >= 11 is 5.83. The van der Waals surface area contributed by atoms with Gasteiger partial charge in [-0.25, -0.2) is 19.2 Å². The van der Waals surface area contributed by atoms with Crippen molar-refractivity contribution in [1.29, 1.82) is 0 Å². The molecule has 0 radical (unpaired) electrons. The highest BCUT2D eigenvalue weighted by Crippen LogP contribution is 2.22. The number of hydrogen-bond donors (Lipinski definition) is 0. The minimum atomic E-state index is -0.518. The molecule has 21 heavy (non-hydrogen) atoms. The lowest BCUT2D eigenvalue weighted by molar-refractivity contribution is 0.0524. The Balaban J connectivity index is 2.48. The first-order valence-electron chi connectivity index (χ1n) is 6.42. The van der Waals surface area contributed by atoms with E-state index in [2.05, 4.69) is 9.97 Å². The lowest BCUT2D eigenvalue weighted by Crippen LogP contribution is -2.10. The zero-order valence-electron chi connectivity index (χ0n) is 11.7. The van der Waals surface area contributed by atoms with Gasteiger partial charge in [-0.15, -0.1) is 11.6 Å². The van der Waals surface area contributed by atoms with Crippen LogP contribution < -0.4 is 0 Å². The first-order valence-corrected chi connectivity index (χ1v) is 6.95. The van der Waals surface area contributed by atoms with Crippen LogP contribution in [0.25, 0.3) is 11.4 Å². The van der Waals surface area contributed by atoms with Gasteiger partial charge in [0.1, 0.15) is 11.4 Å². The summed E-state index contributed by atoms with van der Waals surface area (Å²) in [5, 5.41) is 0. The molecule has 0 N–H and O–H groups in total. The molecule has 0 unspecified atom stereocenters. The number of aryl methyl sites for hydroxylation is 1. The molecule has 2 aromatic rings. The van der Waals surface area contributed by atoms with E-state index in [1.165, 1.54) is 18.3 Å². The number of halogens is 2. The van der Waals surface area contributed by atoms with E-state index in [4.69, 9.17) is 16.3 Å². The molecule has 0 amide bonds. The van der Waals surface area contributed by atoms with E-state index >= 15 is 0 Å². The average molecular weight is 309 g/mol. The third-order valence-electron chi connectivity index (χ3n) is 2.93. The van der Waals surface area contributed by atoms with E-state index in [-0.39, 0.29) is 23.9 Å². The van der Waals surface area contributed by atoms with Gasteiger partial charge in [0.15, 0.2) is 5.82 Å². The minimum Gasteiger partial charge on any atom is -0.462 e. The van der Waals surface area contributed by atoms with Crippen LogP contribution in [0.1, 0.15) is 28.5 Å². The normalized spacial score (nSPS) is 10.5. The summed E-state index contributed by atoms with van der Waals surface area (Å²) in [7, 11) is 0. The summed E-state index contributed by atoms with van der Waals surface area (Å²) in [6.45, 7) is 3.80. The van der Waals surface area contributed by atoms with Gasteiger partial charge in [0.05, 0.1) is 18.2 Å². The molecule has 0 fully saturated rings. The first-order chi connectivity index (χ1) is 10.1. The second-order valence-electron chi connectivity index (χ2n) is 4.37. The summed E-state index contributed by atoms with van der Waals surface area (Å²) < 4.78 is 18.3. The Kier molecular flexibility index (Phi) is 4.85. The molecule has 0 aliphatic heterocycles. The molecule has 6 heteroatoms. The topological polar surface area (TPSA) is 52.1 Å². The van der Waals surface area contributed by atoms with Gasteiger partial charge in [-0.05, 0) is 31.5 Å². The SMILES string of the molecule is CCOC(=O)c1cnc(-c2cc(F)ccc2C)nc1CCl. The van der Waals surface area contributed by atoms with Crippen molar-refractivity contribution in [3.8, 4) is 11.4 Å². The van der Waals surface area contributed by atoms with E-state index in [1.54, 1.807) is 13.0 Å². The smallest absolute Gasteiger partial charge is 0.341 e. The van der Waals surface area contributed by atoms with E-state index in [9.17, 15) is 9.18 Å². The van der Waals surface area contributed by atoms with E-state index in [1.807, 2.05) is 6.92 Å². The number of nitrogens with zero attached hydrogens (tertiary/aromatic N) is 2. The lowest BCUT2D eigenvalue weighted by Gasteiger charge is -2.09. The minimum absolute atomic E-state index is 0.0397. The van der Waals surface area contributed by atoms with Crippen molar-refractivity contribution in [2.24, 2.45) is 0 Å². The Morgan fingerprint density at radius 3 is 2.86 bits per heavy atom. The van der Waals surface area contributed by atoms with Crippen LogP contribution >= 0.6 is 11.6 Å². The zero-order valence-corrected chi connectivity index (χ0v) is 12.4. The van der Waals surface area contributed by atoms with Crippen molar-refractivity contribution >= 4 is 17.6 Å². The Bertz CT molecular complexity index is 677. The highest BCUT2D eigenvalue weighted by molar-refractivity contribution is 6.17. The highest BCUT2D eigenvalue weighted by atomic mass is 35.5. The number of rotatable bonds is 4. The van der Waals surface area contributed by atoms with Gasteiger partial charge in [0.2, 0.25) is 0 Å². The Morgan fingerprint density at radius 1 is 1.43 bits per heavy atom. The van der Waals surface area contributed by atoms with Crippen LogP contribution in [0.15, 0.2) is 24.4 Å². The molecule has 1 aromatic carbocycles. The summed E-state index contributed by atoms with van der Waals surface area (Å²) in [6.07, 6.45) is 1.36. The van der Waals surface area contributed by atoms with Gasteiger partial charge in [-0.1, -0.05) is 6.07 Å². The van der Waals surface area contributed by atoms with Crippen LogP contribution in [-0.4, -0.2) is 22.5 Å². The third-order valence-corrected chi connectivity index (χ3v) is 3.18. The Labute approximate surface area is 126 Å². The predicted molar refractivity (Wildman–Crippen MR) is 77.7 cm³/mol. The van der Waals surface area contributed by atoms with Crippen molar-refractivity contribution in [2.75, 3.05) is 6.61 Å². The molecule has 2 rings (SSSR count). The van der Waals surface area contributed by atoms with E-state index in [0.717, 1.165) is 5.56 Å². The molecule has 110 valence electrons. The number of carbonyl (C=O) groups is 1. The second kappa shape index (κ2) is 6.63. The maximum Gasteiger partial charge on any atom is 0.341 e. The molecule has 0 saturated heterocycles. The van der Waals surface area contributed by atoms with Crippen LogP contribution in [-0.2, 0) is 10.6 Å².